The standard InChI is InChI=1S/C15H22N2O4/c1-2-3-12(16)10-4-5-14-13(6-10)17(7-11(19)8-18)15(20)9-21-14/h4-6,11-12,18-19H,2-3,7-9,16H2,1H3. The van der Waals surface area contributed by atoms with Crippen LogP contribution in [0.1, 0.15) is 31.4 Å². The summed E-state index contributed by atoms with van der Waals surface area (Å²) in [7, 11) is 0. The van der Waals surface area contributed by atoms with Gasteiger partial charge in [0.15, 0.2) is 6.61 Å². The first-order valence-corrected chi connectivity index (χ1v) is 7.18. The van der Waals surface area contributed by atoms with Gasteiger partial charge in [-0.2, -0.15) is 0 Å². The van der Waals surface area contributed by atoms with Crippen molar-refractivity contribution in [3.8, 4) is 5.75 Å². The van der Waals surface area contributed by atoms with Crippen molar-refractivity contribution in [3.63, 3.8) is 0 Å². The van der Waals surface area contributed by atoms with Crippen LogP contribution >= 0.6 is 0 Å². The van der Waals surface area contributed by atoms with E-state index in [0.29, 0.717) is 11.4 Å². The molecular weight excluding hydrogens is 272 g/mol. The molecule has 1 aliphatic rings. The van der Waals surface area contributed by atoms with Crippen molar-refractivity contribution in [3.05, 3.63) is 23.8 Å². The van der Waals surface area contributed by atoms with Crippen LogP contribution in [-0.4, -0.2) is 42.0 Å². The third kappa shape index (κ3) is 3.53. The van der Waals surface area contributed by atoms with Gasteiger partial charge in [0.05, 0.1) is 24.9 Å². The van der Waals surface area contributed by atoms with Gasteiger partial charge in [-0.15, -0.1) is 0 Å². The highest BCUT2D eigenvalue weighted by molar-refractivity contribution is 5.98. The number of hydrogen-bond acceptors (Lipinski definition) is 5. The molecule has 0 saturated carbocycles. The molecule has 0 saturated heterocycles. The Bertz CT molecular complexity index is 506. The van der Waals surface area contributed by atoms with E-state index in [1.807, 2.05) is 12.1 Å². The summed E-state index contributed by atoms with van der Waals surface area (Å²) in [6, 6.07) is 5.43. The Balaban J connectivity index is 2.30. The molecule has 1 amide bonds. The monoisotopic (exact) mass is 294 g/mol. The van der Waals surface area contributed by atoms with E-state index in [1.54, 1.807) is 6.07 Å². The second-order valence-electron chi connectivity index (χ2n) is 5.25. The first-order valence-electron chi connectivity index (χ1n) is 7.18. The Morgan fingerprint density at radius 2 is 2.24 bits per heavy atom. The van der Waals surface area contributed by atoms with Crippen LogP contribution in [0.3, 0.4) is 0 Å². The summed E-state index contributed by atoms with van der Waals surface area (Å²) >= 11 is 0. The van der Waals surface area contributed by atoms with Gasteiger partial charge in [0.2, 0.25) is 0 Å². The highest BCUT2D eigenvalue weighted by Gasteiger charge is 2.27. The minimum atomic E-state index is -0.979. The molecule has 0 radical (unpaired) electrons. The Morgan fingerprint density at radius 1 is 1.48 bits per heavy atom. The summed E-state index contributed by atoms with van der Waals surface area (Å²) in [4.78, 5) is 13.4. The van der Waals surface area contributed by atoms with E-state index in [2.05, 4.69) is 6.92 Å². The second kappa shape index (κ2) is 6.89. The first kappa shape index (κ1) is 15.8. The number of carbonyl (C=O) groups is 1. The van der Waals surface area contributed by atoms with Gasteiger partial charge < -0.3 is 25.6 Å². The topological polar surface area (TPSA) is 96.0 Å². The lowest BCUT2D eigenvalue weighted by molar-refractivity contribution is -0.121. The molecule has 6 heteroatoms. The van der Waals surface area contributed by atoms with Crippen molar-refractivity contribution >= 4 is 11.6 Å². The summed E-state index contributed by atoms with van der Waals surface area (Å²) in [6.07, 6.45) is 0.848. The minimum absolute atomic E-state index is 0.0398. The molecule has 1 heterocycles. The van der Waals surface area contributed by atoms with Crippen molar-refractivity contribution in [2.45, 2.75) is 31.9 Å². The van der Waals surface area contributed by atoms with E-state index in [0.717, 1.165) is 18.4 Å². The summed E-state index contributed by atoms with van der Waals surface area (Å²) in [6.45, 7) is 1.65. The summed E-state index contributed by atoms with van der Waals surface area (Å²) < 4.78 is 5.40. The number of hydrogen-bond donors (Lipinski definition) is 3. The number of benzene rings is 1. The fraction of sp³-hybridized carbons (Fsp3) is 0.533. The van der Waals surface area contributed by atoms with Gasteiger partial charge in [-0.25, -0.2) is 0 Å². The molecule has 1 aliphatic heterocycles. The number of anilines is 1. The van der Waals surface area contributed by atoms with Gasteiger partial charge in [0.25, 0.3) is 5.91 Å². The summed E-state index contributed by atoms with van der Waals surface area (Å²) in [5.74, 6) is 0.350. The van der Waals surface area contributed by atoms with Gasteiger partial charge in [-0.1, -0.05) is 19.4 Å². The van der Waals surface area contributed by atoms with Crippen LogP contribution in [0.5, 0.6) is 5.75 Å². The van der Waals surface area contributed by atoms with Crippen molar-refractivity contribution in [2.75, 3.05) is 24.7 Å². The lowest BCUT2D eigenvalue weighted by Gasteiger charge is -2.31. The number of β-amino-alcohol motifs (C(OH)–C–C–N with tert-alkyl or cyclic N) is 1. The largest absolute Gasteiger partial charge is 0.482 e. The molecular formula is C15H22N2O4. The van der Waals surface area contributed by atoms with Gasteiger partial charge in [-0.05, 0) is 24.1 Å². The number of nitrogens with two attached hydrogens (primary N) is 1. The highest BCUT2D eigenvalue weighted by Crippen LogP contribution is 2.34. The van der Waals surface area contributed by atoms with Crippen LogP contribution in [0.2, 0.25) is 0 Å². The predicted molar refractivity (Wildman–Crippen MR) is 79.2 cm³/mol. The van der Waals surface area contributed by atoms with E-state index >= 15 is 0 Å². The van der Waals surface area contributed by atoms with E-state index < -0.39 is 12.7 Å². The zero-order valence-electron chi connectivity index (χ0n) is 12.2. The number of nitrogens with zero attached hydrogens (tertiary/aromatic N) is 1. The molecule has 0 aliphatic carbocycles. The smallest absolute Gasteiger partial charge is 0.265 e. The number of aliphatic hydroxyl groups is 2. The minimum Gasteiger partial charge on any atom is -0.482 e. The van der Waals surface area contributed by atoms with E-state index in [9.17, 15) is 9.90 Å². The van der Waals surface area contributed by atoms with Crippen molar-refractivity contribution in [1.82, 2.24) is 0 Å². The van der Waals surface area contributed by atoms with Crippen LogP contribution < -0.4 is 15.4 Å². The molecule has 2 rings (SSSR count). The Morgan fingerprint density at radius 3 is 2.90 bits per heavy atom. The van der Waals surface area contributed by atoms with Crippen LogP contribution in [-0.2, 0) is 4.79 Å². The van der Waals surface area contributed by atoms with Gasteiger partial charge in [-0.3, -0.25) is 4.79 Å². The number of ether oxygens (including phenoxy) is 1. The molecule has 0 bridgehead atoms. The third-order valence-electron chi connectivity index (χ3n) is 3.56. The number of aliphatic hydroxyl groups excluding tert-OH is 2. The maximum atomic E-state index is 12.0. The zero-order valence-corrected chi connectivity index (χ0v) is 12.2. The molecule has 6 nitrogen and oxygen atoms in total. The second-order valence-corrected chi connectivity index (χ2v) is 5.25. The van der Waals surface area contributed by atoms with Crippen molar-refractivity contribution in [2.24, 2.45) is 5.73 Å². The molecule has 0 spiro atoms. The first-order chi connectivity index (χ1) is 10.1. The Kier molecular flexibility index (Phi) is 5.17. The van der Waals surface area contributed by atoms with E-state index in [1.165, 1.54) is 4.90 Å². The third-order valence-corrected chi connectivity index (χ3v) is 3.56. The molecule has 1 aromatic rings. The van der Waals surface area contributed by atoms with E-state index in [-0.39, 0.29) is 25.1 Å². The quantitative estimate of drug-likeness (QED) is 0.712. The molecule has 116 valence electrons. The normalized spacial score (nSPS) is 17.1. The van der Waals surface area contributed by atoms with Crippen LogP contribution in [0.4, 0.5) is 5.69 Å². The predicted octanol–water partition coefficient (Wildman–Crippen LogP) is 0.565. The van der Waals surface area contributed by atoms with Gasteiger partial charge in [0, 0.05) is 6.04 Å². The lowest BCUT2D eigenvalue weighted by atomic mass is 10.0. The summed E-state index contributed by atoms with van der Waals surface area (Å²) in [5.41, 5.74) is 7.64. The average molecular weight is 294 g/mol. The Hall–Kier alpha value is -1.63. The van der Waals surface area contributed by atoms with Crippen LogP contribution in [0, 0.1) is 0 Å². The Labute approximate surface area is 124 Å². The lowest BCUT2D eigenvalue weighted by Crippen LogP contribution is -2.44. The molecule has 2 unspecified atom stereocenters. The number of carbonyl (C=O) groups excluding carboxylic acids is 1. The number of amides is 1. The van der Waals surface area contributed by atoms with Crippen molar-refractivity contribution < 1.29 is 19.7 Å². The van der Waals surface area contributed by atoms with Crippen LogP contribution in [0.25, 0.3) is 0 Å². The SMILES string of the molecule is CCCC(N)c1ccc2c(c1)N(CC(O)CO)C(=O)CO2. The molecule has 0 aromatic heterocycles. The molecule has 4 N–H and O–H groups in total. The van der Waals surface area contributed by atoms with E-state index in [4.69, 9.17) is 15.6 Å². The average Bonchev–Trinajstić information content (AvgIpc) is 2.49. The molecule has 2 atom stereocenters. The molecule has 1 aromatic carbocycles. The maximum Gasteiger partial charge on any atom is 0.265 e. The van der Waals surface area contributed by atoms with Crippen LogP contribution in [0.15, 0.2) is 18.2 Å². The van der Waals surface area contributed by atoms with Gasteiger partial charge >= 0.3 is 0 Å². The fourth-order valence-corrected chi connectivity index (χ4v) is 2.40. The molecule has 0 fully saturated rings. The number of fused-ring (bicyclic) bond motifs is 1. The van der Waals surface area contributed by atoms with Crippen molar-refractivity contribution in [1.29, 1.82) is 0 Å². The maximum absolute atomic E-state index is 12.0. The number of rotatable bonds is 6. The molecule has 21 heavy (non-hydrogen) atoms. The highest BCUT2D eigenvalue weighted by atomic mass is 16.5. The summed E-state index contributed by atoms with van der Waals surface area (Å²) in [5, 5.41) is 18.6. The zero-order chi connectivity index (χ0) is 15.4. The fourth-order valence-electron chi connectivity index (χ4n) is 2.40. The van der Waals surface area contributed by atoms with Gasteiger partial charge in [0.1, 0.15) is 5.75 Å².